The van der Waals surface area contributed by atoms with Gasteiger partial charge in [0, 0.05) is 5.54 Å². The third-order valence-electron chi connectivity index (χ3n) is 1.43. The summed E-state index contributed by atoms with van der Waals surface area (Å²) in [4.78, 5) is 0. The molecule has 11 heavy (non-hydrogen) atoms. The maximum Gasteiger partial charge on any atom is 0.105 e. The minimum Gasteiger partial charge on any atom is -0.379 e. The molecule has 2 heteroatoms. The molecule has 0 aromatic heterocycles. The van der Waals surface area contributed by atoms with Crippen molar-refractivity contribution in [3.8, 4) is 0 Å². The highest BCUT2D eigenvalue weighted by atomic mass is 16.3. The number of rotatable bonds is 4. The van der Waals surface area contributed by atoms with E-state index in [1.807, 2.05) is 0 Å². The highest BCUT2D eigenvalue weighted by Gasteiger charge is 2.13. The SMILES string of the molecule is CCCCC(O)NC(C)(C)C. The Morgan fingerprint density at radius 3 is 2.27 bits per heavy atom. The smallest absolute Gasteiger partial charge is 0.105 e. The maximum absolute atomic E-state index is 9.40. The average Bonchev–Trinajstić information content (AvgIpc) is 1.79. The van der Waals surface area contributed by atoms with E-state index < -0.39 is 0 Å². The molecule has 0 saturated heterocycles. The highest BCUT2D eigenvalue weighted by Crippen LogP contribution is 2.04. The molecule has 2 nitrogen and oxygen atoms in total. The molecule has 0 spiro atoms. The first kappa shape index (κ1) is 10.9. The molecule has 0 rings (SSSR count). The summed E-state index contributed by atoms with van der Waals surface area (Å²) < 4.78 is 0. The molecule has 0 heterocycles. The fourth-order valence-electron chi connectivity index (χ4n) is 0.969. The monoisotopic (exact) mass is 159 g/mol. The van der Waals surface area contributed by atoms with Crippen LogP contribution in [0.3, 0.4) is 0 Å². The van der Waals surface area contributed by atoms with Crippen LogP contribution in [0.4, 0.5) is 0 Å². The van der Waals surface area contributed by atoms with E-state index in [2.05, 4.69) is 33.0 Å². The molecule has 0 radical (unpaired) electrons. The van der Waals surface area contributed by atoms with E-state index in [4.69, 9.17) is 0 Å². The third kappa shape index (κ3) is 7.82. The normalized spacial score (nSPS) is 15.0. The van der Waals surface area contributed by atoms with Gasteiger partial charge in [-0.25, -0.2) is 0 Å². The van der Waals surface area contributed by atoms with E-state index in [1.165, 1.54) is 0 Å². The second-order valence-corrected chi connectivity index (χ2v) is 4.05. The van der Waals surface area contributed by atoms with Gasteiger partial charge in [0.05, 0.1) is 0 Å². The predicted octanol–water partition coefficient (Wildman–Crippen LogP) is 1.88. The van der Waals surface area contributed by atoms with Crippen molar-refractivity contribution >= 4 is 0 Å². The molecule has 1 atom stereocenters. The Morgan fingerprint density at radius 1 is 1.36 bits per heavy atom. The first-order valence-electron chi connectivity index (χ1n) is 4.41. The van der Waals surface area contributed by atoms with Crippen molar-refractivity contribution in [1.82, 2.24) is 5.32 Å². The second kappa shape index (κ2) is 4.73. The van der Waals surface area contributed by atoms with Crippen LogP contribution in [0.5, 0.6) is 0 Å². The van der Waals surface area contributed by atoms with E-state index in [0.29, 0.717) is 0 Å². The highest BCUT2D eigenvalue weighted by molar-refractivity contribution is 4.71. The van der Waals surface area contributed by atoms with Crippen LogP contribution in [0, 0.1) is 0 Å². The van der Waals surface area contributed by atoms with Crippen molar-refractivity contribution in [2.75, 3.05) is 0 Å². The van der Waals surface area contributed by atoms with Crippen LogP contribution in [-0.2, 0) is 0 Å². The van der Waals surface area contributed by atoms with Gasteiger partial charge in [-0.1, -0.05) is 13.3 Å². The summed E-state index contributed by atoms with van der Waals surface area (Å²) in [5.74, 6) is 0. The van der Waals surface area contributed by atoms with Crippen molar-refractivity contribution in [2.24, 2.45) is 0 Å². The Hall–Kier alpha value is -0.0800. The fraction of sp³-hybridized carbons (Fsp3) is 1.00. The Labute approximate surface area is 70.0 Å². The molecule has 0 saturated carbocycles. The lowest BCUT2D eigenvalue weighted by Gasteiger charge is -2.24. The topological polar surface area (TPSA) is 32.3 Å². The predicted molar refractivity (Wildman–Crippen MR) is 48.4 cm³/mol. The van der Waals surface area contributed by atoms with Crippen LogP contribution in [0.2, 0.25) is 0 Å². The molecule has 0 aromatic rings. The Morgan fingerprint density at radius 2 is 1.91 bits per heavy atom. The number of hydrogen-bond donors (Lipinski definition) is 2. The zero-order valence-electron chi connectivity index (χ0n) is 8.15. The minimum atomic E-state index is -0.338. The van der Waals surface area contributed by atoms with Gasteiger partial charge in [-0.2, -0.15) is 0 Å². The third-order valence-corrected chi connectivity index (χ3v) is 1.43. The number of hydrogen-bond acceptors (Lipinski definition) is 2. The zero-order valence-corrected chi connectivity index (χ0v) is 8.15. The molecule has 2 N–H and O–H groups in total. The Bertz CT molecular complexity index is 96.2. The molecule has 0 aromatic carbocycles. The number of unbranched alkanes of at least 4 members (excludes halogenated alkanes) is 1. The summed E-state index contributed by atoms with van der Waals surface area (Å²) in [6.07, 6.45) is 2.75. The first-order valence-corrected chi connectivity index (χ1v) is 4.41. The van der Waals surface area contributed by atoms with Crippen molar-refractivity contribution in [3.05, 3.63) is 0 Å². The van der Waals surface area contributed by atoms with E-state index in [1.54, 1.807) is 0 Å². The average molecular weight is 159 g/mol. The van der Waals surface area contributed by atoms with Gasteiger partial charge in [0.25, 0.3) is 0 Å². The minimum absolute atomic E-state index is 0.0210. The molecule has 0 aliphatic heterocycles. The quantitative estimate of drug-likeness (QED) is 0.614. The molecule has 0 fully saturated rings. The summed E-state index contributed by atoms with van der Waals surface area (Å²) in [5, 5.41) is 12.5. The van der Waals surface area contributed by atoms with Crippen LogP contribution in [0.25, 0.3) is 0 Å². The number of aliphatic hydroxyl groups is 1. The van der Waals surface area contributed by atoms with Gasteiger partial charge in [-0.05, 0) is 33.6 Å². The van der Waals surface area contributed by atoms with Gasteiger partial charge in [0.1, 0.15) is 6.23 Å². The maximum atomic E-state index is 9.40. The van der Waals surface area contributed by atoms with Gasteiger partial charge in [-0.15, -0.1) is 0 Å². The summed E-state index contributed by atoms with van der Waals surface area (Å²) >= 11 is 0. The lowest BCUT2D eigenvalue weighted by atomic mass is 10.1. The van der Waals surface area contributed by atoms with E-state index in [9.17, 15) is 5.11 Å². The molecule has 0 bridgehead atoms. The summed E-state index contributed by atoms with van der Waals surface area (Å²) in [7, 11) is 0. The van der Waals surface area contributed by atoms with Gasteiger partial charge in [0.2, 0.25) is 0 Å². The van der Waals surface area contributed by atoms with Crippen LogP contribution in [-0.4, -0.2) is 16.9 Å². The van der Waals surface area contributed by atoms with E-state index in [0.717, 1.165) is 19.3 Å². The molecule has 0 aliphatic carbocycles. The van der Waals surface area contributed by atoms with Crippen molar-refractivity contribution < 1.29 is 5.11 Å². The molecule has 1 unspecified atom stereocenters. The summed E-state index contributed by atoms with van der Waals surface area (Å²) in [6, 6.07) is 0. The fourth-order valence-corrected chi connectivity index (χ4v) is 0.969. The molecular formula is C9H21NO. The van der Waals surface area contributed by atoms with Crippen molar-refractivity contribution in [3.63, 3.8) is 0 Å². The first-order chi connectivity index (χ1) is 4.95. The summed E-state index contributed by atoms with van der Waals surface area (Å²) in [5.41, 5.74) is 0.0210. The Kier molecular flexibility index (Phi) is 4.69. The summed E-state index contributed by atoms with van der Waals surface area (Å²) in [6.45, 7) is 8.30. The molecule has 0 amide bonds. The van der Waals surface area contributed by atoms with Crippen LogP contribution >= 0.6 is 0 Å². The van der Waals surface area contributed by atoms with Crippen molar-refractivity contribution in [2.45, 2.75) is 58.7 Å². The number of nitrogens with one attached hydrogen (secondary N) is 1. The van der Waals surface area contributed by atoms with E-state index in [-0.39, 0.29) is 11.8 Å². The largest absolute Gasteiger partial charge is 0.379 e. The van der Waals surface area contributed by atoms with Gasteiger partial charge < -0.3 is 5.11 Å². The molecule has 0 aliphatic rings. The van der Waals surface area contributed by atoms with Crippen LogP contribution in [0.1, 0.15) is 47.0 Å². The lowest BCUT2D eigenvalue weighted by Crippen LogP contribution is -2.43. The van der Waals surface area contributed by atoms with E-state index >= 15 is 0 Å². The molecule has 68 valence electrons. The second-order valence-electron chi connectivity index (χ2n) is 4.05. The van der Waals surface area contributed by atoms with Gasteiger partial charge >= 0.3 is 0 Å². The number of aliphatic hydroxyl groups excluding tert-OH is 1. The van der Waals surface area contributed by atoms with Crippen molar-refractivity contribution in [1.29, 1.82) is 0 Å². The Balaban J connectivity index is 3.44. The van der Waals surface area contributed by atoms with Crippen LogP contribution in [0.15, 0.2) is 0 Å². The molecular weight excluding hydrogens is 138 g/mol. The zero-order chi connectivity index (χ0) is 8.91. The van der Waals surface area contributed by atoms with Crippen LogP contribution < -0.4 is 5.32 Å². The van der Waals surface area contributed by atoms with Gasteiger partial charge in [-0.3, -0.25) is 5.32 Å². The van der Waals surface area contributed by atoms with Gasteiger partial charge in [0.15, 0.2) is 0 Å². The standard InChI is InChI=1S/C9H21NO/c1-5-6-7-8(11)10-9(2,3)4/h8,10-11H,5-7H2,1-4H3. The lowest BCUT2D eigenvalue weighted by molar-refractivity contribution is 0.0955.